The second kappa shape index (κ2) is 9.76. The summed E-state index contributed by atoms with van der Waals surface area (Å²) >= 11 is 1.71. The number of guanidine groups is 1. The summed E-state index contributed by atoms with van der Waals surface area (Å²) in [5.74, 6) is 0.834. The number of ether oxygens (including phenoxy) is 2. The Bertz CT molecular complexity index is 403. The van der Waals surface area contributed by atoms with Gasteiger partial charge in [-0.1, -0.05) is 0 Å². The van der Waals surface area contributed by atoms with Crippen LogP contribution in [0.15, 0.2) is 21.8 Å². The van der Waals surface area contributed by atoms with Crippen LogP contribution in [0.25, 0.3) is 0 Å². The predicted molar refractivity (Wildman–Crippen MR) is 86.9 cm³/mol. The zero-order valence-electron chi connectivity index (χ0n) is 12.6. The molecule has 1 aliphatic rings. The summed E-state index contributed by atoms with van der Waals surface area (Å²) in [4.78, 5) is 4.21. The first-order valence-corrected chi connectivity index (χ1v) is 8.47. The highest BCUT2D eigenvalue weighted by Gasteiger charge is 2.14. The first-order valence-electron chi connectivity index (χ1n) is 7.53. The van der Waals surface area contributed by atoms with Crippen LogP contribution in [0, 0.1) is 0 Å². The molecular formula is C15H25N3O2S. The lowest BCUT2D eigenvalue weighted by Crippen LogP contribution is -2.37. The van der Waals surface area contributed by atoms with Gasteiger partial charge in [0.2, 0.25) is 0 Å². The molecule has 1 saturated heterocycles. The summed E-state index contributed by atoms with van der Waals surface area (Å²) in [6, 6.07) is 2.11. The highest BCUT2D eigenvalue weighted by atomic mass is 32.1. The fourth-order valence-electron chi connectivity index (χ4n) is 2.17. The van der Waals surface area contributed by atoms with Crippen LogP contribution < -0.4 is 10.6 Å². The van der Waals surface area contributed by atoms with E-state index in [2.05, 4.69) is 32.5 Å². The first kappa shape index (κ1) is 16.3. The van der Waals surface area contributed by atoms with Gasteiger partial charge in [0.25, 0.3) is 0 Å². The summed E-state index contributed by atoms with van der Waals surface area (Å²) in [5, 5.41) is 10.8. The van der Waals surface area contributed by atoms with Crippen LogP contribution in [0.5, 0.6) is 0 Å². The van der Waals surface area contributed by atoms with Gasteiger partial charge in [-0.15, -0.1) is 0 Å². The molecule has 1 atom stereocenters. The zero-order chi connectivity index (χ0) is 14.8. The molecule has 5 nitrogen and oxygen atoms in total. The summed E-state index contributed by atoms with van der Waals surface area (Å²) in [6.45, 7) is 4.04. The second-order valence-corrected chi connectivity index (χ2v) is 5.83. The molecule has 1 unspecified atom stereocenters. The Morgan fingerprint density at radius 1 is 1.52 bits per heavy atom. The molecule has 21 heavy (non-hydrogen) atoms. The van der Waals surface area contributed by atoms with Crippen molar-refractivity contribution in [2.75, 3.05) is 33.4 Å². The Hall–Kier alpha value is -1.11. The van der Waals surface area contributed by atoms with Gasteiger partial charge in [-0.25, -0.2) is 0 Å². The lowest BCUT2D eigenvalue weighted by molar-refractivity contribution is 0.0168. The van der Waals surface area contributed by atoms with Crippen LogP contribution in [-0.2, 0) is 16.0 Å². The molecule has 6 heteroatoms. The predicted octanol–water partition coefficient (Wildman–Crippen LogP) is 2.00. The molecule has 2 heterocycles. The van der Waals surface area contributed by atoms with Crippen LogP contribution in [0.4, 0.5) is 0 Å². The van der Waals surface area contributed by atoms with E-state index in [1.807, 2.05) is 0 Å². The standard InChI is InChI=1S/C15H25N3O2S/c1-16-15(18-10-13-5-9-21-12-13)17-6-3-7-19-11-14-4-2-8-20-14/h5,9,12,14H,2-4,6-8,10-11H2,1H3,(H2,16,17,18). The maximum Gasteiger partial charge on any atom is 0.191 e. The van der Waals surface area contributed by atoms with E-state index in [9.17, 15) is 0 Å². The van der Waals surface area contributed by atoms with E-state index in [0.717, 1.165) is 51.7 Å². The van der Waals surface area contributed by atoms with Gasteiger partial charge in [-0.05, 0) is 41.7 Å². The van der Waals surface area contributed by atoms with Crippen molar-refractivity contribution in [3.63, 3.8) is 0 Å². The molecule has 1 aromatic heterocycles. The quantitative estimate of drug-likeness (QED) is 0.438. The maximum absolute atomic E-state index is 5.63. The van der Waals surface area contributed by atoms with Crippen LogP contribution in [0.2, 0.25) is 0 Å². The lowest BCUT2D eigenvalue weighted by atomic mass is 10.2. The van der Waals surface area contributed by atoms with Crippen molar-refractivity contribution in [3.05, 3.63) is 22.4 Å². The minimum Gasteiger partial charge on any atom is -0.379 e. The van der Waals surface area contributed by atoms with Gasteiger partial charge < -0.3 is 20.1 Å². The average molecular weight is 311 g/mol. The monoisotopic (exact) mass is 311 g/mol. The Labute approximate surface area is 130 Å². The SMILES string of the molecule is CN=C(NCCCOCC1CCCO1)NCc1ccsc1. The summed E-state index contributed by atoms with van der Waals surface area (Å²) in [7, 11) is 1.79. The van der Waals surface area contributed by atoms with Crippen molar-refractivity contribution in [1.29, 1.82) is 0 Å². The molecule has 118 valence electrons. The fourth-order valence-corrected chi connectivity index (χ4v) is 2.84. The van der Waals surface area contributed by atoms with Crippen molar-refractivity contribution in [2.45, 2.75) is 31.9 Å². The smallest absolute Gasteiger partial charge is 0.191 e. The summed E-state index contributed by atoms with van der Waals surface area (Å²) < 4.78 is 11.1. The number of thiophene rings is 1. The third kappa shape index (κ3) is 6.46. The van der Waals surface area contributed by atoms with E-state index >= 15 is 0 Å². The highest BCUT2D eigenvalue weighted by Crippen LogP contribution is 2.11. The van der Waals surface area contributed by atoms with Gasteiger partial charge in [-0.2, -0.15) is 11.3 Å². The van der Waals surface area contributed by atoms with Crippen LogP contribution >= 0.6 is 11.3 Å². The Morgan fingerprint density at radius 2 is 2.48 bits per heavy atom. The number of rotatable bonds is 8. The van der Waals surface area contributed by atoms with Gasteiger partial charge >= 0.3 is 0 Å². The molecule has 2 N–H and O–H groups in total. The van der Waals surface area contributed by atoms with E-state index in [0.29, 0.717) is 6.10 Å². The maximum atomic E-state index is 5.63. The molecule has 0 aliphatic carbocycles. The lowest BCUT2D eigenvalue weighted by Gasteiger charge is -2.12. The molecule has 1 fully saturated rings. The fraction of sp³-hybridized carbons (Fsp3) is 0.667. The number of nitrogens with zero attached hydrogens (tertiary/aromatic N) is 1. The van der Waals surface area contributed by atoms with Gasteiger partial charge in [0.1, 0.15) is 0 Å². The molecule has 0 saturated carbocycles. The topological polar surface area (TPSA) is 54.9 Å². The molecule has 2 rings (SSSR count). The number of aliphatic imine (C=N–C) groups is 1. The van der Waals surface area contributed by atoms with E-state index in [-0.39, 0.29) is 0 Å². The zero-order valence-corrected chi connectivity index (χ0v) is 13.5. The van der Waals surface area contributed by atoms with Crippen molar-refractivity contribution in [1.82, 2.24) is 10.6 Å². The highest BCUT2D eigenvalue weighted by molar-refractivity contribution is 7.07. The van der Waals surface area contributed by atoms with E-state index in [1.54, 1.807) is 18.4 Å². The minimum absolute atomic E-state index is 0.318. The van der Waals surface area contributed by atoms with Crippen molar-refractivity contribution < 1.29 is 9.47 Å². The minimum atomic E-state index is 0.318. The van der Waals surface area contributed by atoms with Gasteiger partial charge in [0.15, 0.2) is 5.96 Å². The molecule has 1 aromatic rings. The second-order valence-electron chi connectivity index (χ2n) is 5.05. The first-order chi connectivity index (χ1) is 10.4. The Morgan fingerprint density at radius 3 is 3.19 bits per heavy atom. The Kier molecular flexibility index (Phi) is 7.56. The van der Waals surface area contributed by atoms with Crippen molar-refractivity contribution in [3.8, 4) is 0 Å². The number of nitrogens with one attached hydrogen (secondary N) is 2. The molecule has 0 aromatic carbocycles. The number of hydrogen-bond donors (Lipinski definition) is 2. The Balaban J connectivity index is 1.48. The molecule has 0 amide bonds. The van der Waals surface area contributed by atoms with Crippen LogP contribution in [0.3, 0.4) is 0 Å². The third-order valence-corrected chi connectivity index (χ3v) is 4.08. The van der Waals surface area contributed by atoms with E-state index < -0.39 is 0 Å². The van der Waals surface area contributed by atoms with Crippen molar-refractivity contribution >= 4 is 17.3 Å². The molecular weight excluding hydrogens is 286 g/mol. The van der Waals surface area contributed by atoms with Gasteiger partial charge in [-0.3, -0.25) is 4.99 Å². The molecule has 0 radical (unpaired) electrons. The van der Waals surface area contributed by atoms with E-state index in [4.69, 9.17) is 9.47 Å². The number of hydrogen-bond acceptors (Lipinski definition) is 4. The summed E-state index contributed by atoms with van der Waals surface area (Å²) in [5.41, 5.74) is 1.28. The van der Waals surface area contributed by atoms with Crippen LogP contribution in [-0.4, -0.2) is 45.5 Å². The van der Waals surface area contributed by atoms with E-state index in [1.165, 1.54) is 12.0 Å². The van der Waals surface area contributed by atoms with Gasteiger partial charge in [0.05, 0.1) is 12.7 Å². The average Bonchev–Trinajstić information content (AvgIpc) is 3.19. The van der Waals surface area contributed by atoms with Gasteiger partial charge in [0, 0.05) is 33.4 Å². The molecule has 0 bridgehead atoms. The summed E-state index contributed by atoms with van der Waals surface area (Å²) in [6.07, 6.45) is 3.59. The van der Waals surface area contributed by atoms with Crippen LogP contribution in [0.1, 0.15) is 24.8 Å². The largest absolute Gasteiger partial charge is 0.379 e. The molecule has 1 aliphatic heterocycles. The molecule has 0 spiro atoms. The normalized spacial score (nSPS) is 18.9. The van der Waals surface area contributed by atoms with Crippen molar-refractivity contribution in [2.24, 2.45) is 4.99 Å². The third-order valence-electron chi connectivity index (χ3n) is 3.35.